The standard InChI is InChI=1S/C15H22FNO4/c16-14-7-12(17-8-13(19)9-18)1-2-15(14)21-10-11-3-5-20-6-4-11/h1-2,7,11,13,17-19H,3-6,8-10H2. The van der Waals surface area contributed by atoms with E-state index in [1.165, 1.54) is 6.07 Å². The van der Waals surface area contributed by atoms with Crippen molar-refractivity contribution in [2.75, 3.05) is 38.3 Å². The molecule has 0 spiro atoms. The minimum Gasteiger partial charge on any atom is -0.490 e. The number of nitrogens with one attached hydrogen (secondary N) is 1. The van der Waals surface area contributed by atoms with Crippen LogP contribution in [-0.2, 0) is 4.74 Å². The van der Waals surface area contributed by atoms with Gasteiger partial charge in [0.1, 0.15) is 0 Å². The van der Waals surface area contributed by atoms with Crippen LogP contribution in [-0.4, -0.2) is 49.3 Å². The molecule has 0 aromatic heterocycles. The van der Waals surface area contributed by atoms with Gasteiger partial charge in [0.2, 0.25) is 0 Å². The molecular formula is C15H22FNO4. The number of aliphatic hydroxyl groups excluding tert-OH is 2. The van der Waals surface area contributed by atoms with Crippen LogP contribution in [0.25, 0.3) is 0 Å². The Kier molecular flexibility index (Phi) is 6.22. The molecule has 0 bridgehead atoms. The second-order valence-electron chi connectivity index (χ2n) is 5.23. The zero-order valence-corrected chi connectivity index (χ0v) is 11.9. The molecule has 1 aromatic carbocycles. The molecule has 1 saturated heterocycles. The third kappa shape index (κ3) is 5.15. The summed E-state index contributed by atoms with van der Waals surface area (Å²) in [4.78, 5) is 0. The van der Waals surface area contributed by atoms with Gasteiger partial charge in [-0.1, -0.05) is 0 Å². The van der Waals surface area contributed by atoms with Gasteiger partial charge in [0, 0.05) is 31.5 Å². The van der Waals surface area contributed by atoms with E-state index in [-0.39, 0.29) is 18.9 Å². The summed E-state index contributed by atoms with van der Waals surface area (Å²) in [6, 6.07) is 4.58. The molecule has 1 aliphatic heterocycles. The quantitative estimate of drug-likeness (QED) is 0.710. The Morgan fingerprint density at radius 1 is 1.38 bits per heavy atom. The lowest BCUT2D eigenvalue weighted by Crippen LogP contribution is -2.23. The lowest BCUT2D eigenvalue weighted by molar-refractivity contribution is 0.0491. The smallest absolute Gasteiger partial charge is 0.167 e. The SMILES string of the molecule is OCC(O)CNc1ccc(OCC2CCOCC2)c(F)c1. The summed E-state index contributed by atoms with van der Waals surface area (Å²) in [7, 11) is 0. The Balaban J connectivity index is 1.83. The van der Waals surface area contributed by atoms with Crippen LogP contribution in [0.4, 0.5) is 10.1 Å². The zero-order valence-electron chi connectivity index (χ0n) is 11.9. The molecule has 21 heavy (non-hydrogen) atoms. The fourth-order valence-corrected chi connectivity index (χ4v) is 2.15. The second-order valence-corrected chi connectivity index (χ2v) is 5.23. The van der Waals surface area contributed by atoms with E-state index in [4.69, 9.17) is 14.6 Å². The fraction of sp³-hybridized carbons (Fsp3) is 0.600. The van der Waals surface area contributed by atoms with Gasteiger partial charge in [-0.15, -0.1) is 0 Å². The maximum atomic E-state index is 13.9. The Labute approximate surface area is 123 Å². The molecular weight excluding hydrogens is 277 g/mol. The van der Waals surface area contributed by atoms with Crippen molar-refractivity contribution < 1.29 is 24.1 Å². The van der Waals surface area contributed by atoms with Crippen molar-refractivity contribution in [1.29, 1.82) is 0 Å². The molecule has 3 N–H and O–H groups in total. The minimum atomic E-state index is -0.863. The van der Waals surface area contributed by atoms with Gasteiger partial charge < -0.3 is 25.0 Å². The first-order valence-corrected chi connectivity index (χ1v) is 7.22. The molecule has 1 aromatic rings. The summed E-state index contributed by atoms with van der Waals surface area (Å²) in [5, 5.41) is 20.8. The van der Waals surface area contributed by atoms with E-state index in [0.29, 0.717) is 18.2 Å². The van der Waals surface area contributed by atoms with E-state index in [2.05, 4.69) is 5.32 Å². The average Bonchev–Trinajstić information content (AvgIpc) is 2.52. The van der Waals surface area contributed by atoms with E-state index in [1.54, 1.807) is 12.1 Å². The lowest BCUT2D eigenvalue weighted by atomic mass is 10.0. The molecule has 1 atom stereocenters. The first-order valence-electron chi connectivity index (χ1n) is 7.22. The van der Waals surface area contributed by atoms with Crippen LogP contribution in [0, 0.1) is 11.7 Å². The molecule has 5 nitrogen and oxygen atoms in total. The van der Waals surface area contributed by atoms with Gasteiger partial charge in [-0.25, -0.2) is 4.39 Å². The highest BCUT2D eigenvalue weighted by Crippen LogP contribution is 2.23. The number of benzene rings is 1. The first-order chi connectivity index (χ1) is 10.2. The van der Waals surface area contributed by atoms with Crippen molar-refractivity contribution >= 4 is 5.69 Å². The monoisotopic (exact) mass is 299 g/mol. The molecule has 1 fully saturated rings. The van der Waals surface area contributed by atoms with Gasteiger partial charge in [0.25, 0.3) is 0 Å². The van der Waals surface area contributed by atoms with Crippen LogP contribution >= 0.6 is 0 Å². The molecule has 0 radical (unpaired) electrons. The largest absolute Gasteiger partial charge is 0.490 e. The number of hydrogen-bond acceptors (Lipinski definition) is 5. The van der Waals surface area contributed by atoms with Gasteiger partial charge in [0.15, 0.2) is 11.6 Å². The van der Waals surface area contributed by atoms with Crippen molar-refractivity contribution in [1.82, 2.24) is 0 Å². The summed E-state index contributed by atoms with van der Waals surface area (Å²) in [5.41, 5.74) is 0.540. The van der Waals surface area contributed by atoms with Crippen molar-refractivity contribution in [2.24, 2.45) is 5.92 Å². The molecule has 1 unspecified atom stereocenters. The minimum absolute atomic E-state index is 0.165. The summed E-state index contributed by atoms with van der Waals surface area (Å²) in [6.45, 7) is 1.81. The second kappa shape index (κ2) is 8.17. The van der Waals surface area contributed by atoms with Crippen LogP contribution in [0.1, 0.15) is 12.8 Å². The highest BCUT2D eigenvalue weighted by Gasteiger charge is 2.15. The fourth-order valence-electron chi connectivity index (χ4n) is 2.15. The van der Waals surface area contributed by atoms with Gasteiger partial charge >= 0.3 is 0 Å². The molecule has 2 rings (SSSR count). The molecule has 6 heteroatoms. The van der Waals surface area contributed by atoms with Crippen molar-refractivity contribution in [3.63, 3.8) is 0 Å². The number of anilines is 1. The third-order valence-electron chi connectivity index (χ3n) is 3.50. The number of halogens is 1. The normalized spacial score (nSPS) is 17.5. The molecule has 0 aliphatic carbocycles. The van der Waals surface area contributed by atoms with Crippen LogP contribution in [0.3, 0.4) is 0 Å². The predicted molar refractivity (Wildman–Crippen MR) is 77.0 cm³/mol. The molecule has 1 heterocycles. The number of hydrogen-bond donors (Lipinski definition) is 3. The zero-order chi connectivity index (χ0) is 15.1. The summed E-state index contributed by atoms with van der Waals surface area (Å²) < 4.78 is 24.7. The molecule has 118 valence electrons. The molecule has 1 aliphatic rings. The topological polar surface area (TPSA) is 71.0 Å². The van der Waals surface area contributed by atoms with Gasteiger partial charge in [-0.05, 0) is 30.9 Å². The molecule has 0 amide bonds. The molecule has 0 saturated carbocycles. The summed E-state index contributed by atoms with van der Waals surface area (Å²) in [6.07, 6.45) is 1.03. The van der Waals surface area contributed by atoms with E-state index in [1.807, 2.05) is 0 Å². The number of aliphatic hydroxyl groups is 2. The average molecular weight is 299 g/mol. The van der Waals surface area contributed by atoms with E-state index in [0.717, 1.165) is 26.1 Å². The third-order valence-corrected chi connectivity index (χ3v) is 3.50. The van der Waals surface area contributed by atoms with Gasteiger partial charge in [-0.3, -0.25) is 0 Å². The predicted octanol–water partition coefficient (Wildman–Crippen LogP) is 1.40. The van der Waals surface area contributed by atoms with Gasteiger partial charge in [0.05, 0.1) is 19.3 Å². The highest BCUT2D eigenvalue weighted by molar-refractivity contribution is 5.47. The Hall–Kier alpha value is -1.37. The van der Waals surface area contributed by atoms with E-state index >= 15 is 0 Å². The maximum absolute atomic E-state index is 13.9. The highest BCUT2D eigenvalue weighted by atomic mass is 19.1. The van der Waals surface area contributed by atoms with Crippen LogP contribution in [0.2, 0.25) is 0 Å². The van der Waals surface area contributed by atoms with Crippen LogP contribution in [0.5, 0.6) is 5.75 Å². The number of rotatable bonds is 7. The Morgan fingerprint density at radius 3 is 2.81 bits per heavy atom. The summed E-state index contributed by atoms with van der Waals surface area (Å²) in [5.74, 6) is 0.205. The van der Waals surface area contributed by atoms with Crippen molar-refractivity contribution in [3.05, 3.63) is 24.0 Å². The number of ether oxygens (including phenoxy) is 2. The van der Waals surface area contributed by atoms with Crippen LogP contribution < -0.4 is 10.1 Å². The summed E-state index contributed by atoms with van der Waals surface area (Å²) >= 11 is 0. The van der Waals surface area contributed by atoms with Crippen LogP contribution in [0.15, 0.2) is 18.2 Å². The Morgan fingerprint density at radius 2 is 2.14 bits per heavy atom. The van der Waals surface area contributed by atoms with E-state index < -0.39 is 11.9 Å². The first kappa shape index (κ1) is 16.0. The lowest BCUT2D eigenvalue weighted by Gasteiger charge is -2.22. The van der Waals surface area contributed by atoms with Gasteiger partial charge in [-0.2, -0.15) is 0 Å². The van der Waals surface area contributed by atoms with E-state index in [9.17, 15) is 9.50 Å². The van der Waals surface area contributed by atoms with Crippen molar-refractivity contribution in [3.8, 4) is 5.75 Å². The Bertz CT molecular complexity index is 438. The maximum Gasteiger partial charge on any atom is 0.167 e. The van der Waals surface area contributed by atoms with Crippen molar-refractivity contribution in [2.45, 2.75) is 18.9 Å².